The molecule has 0 amide bonds. The molecule has 0 aliphatic heterocycles. The van der Waals surface area contributed by atoms with Gasteiger partial charge in [0.15, 0.2) is 0 Å². The molecule has 0 saturated carbocycles. The van der Waals surface area contributed by atoms with E-state index in [2.05, 4.69) is 97.9 Å². The average molecular weight is 586 g/mol. The fourth-order valence-corrected chi connectivity index (χ4v) is 3.53. The molecule has 0 aromatic heterocycles. The van der Waals surface area contributed by atoms with Crippen LogP contribution in [0.1, 0.15) is 18.9 Å². The molecule has 3 heteroatoms. The molecule has 4 aromatic rings. The fraction of sp³-hybridized carbons (Fsp3) is 0.0769. The van der Waals surface area contributed by atoms with Crippen molar-refractivity contribution in [2.45, 2.75) is 13.3 Å². The van der Waals surface area contributed by atoms with Crippen LogP contribution in [0.15, 0.2) is 103 Å². The Labute approximate surface area is 200 Å². The van der Waals surface area contributed by atoms with Gasteiger partial charge >= 0.3 is 70.0 Å². The van der Waals surface area contributed by atoms with Crippen LogP contribution in [0.3, 0.4) is 0 Å². The fourth-order valence-electron chi connectivity index (χ4n) is 2.93. The number of halogens is 2. The third kappa shape index (κ3) is 7.59. The Morgan fingerprint density at radius 2 is 1.31 bits per heavy atom. The predicted octanol–water partition coefficient (Wildman–Crippen LogP) is 7.63. The summed E-state index contributed by atoms with van der Waals surface area (Å²) in [6, 6.07) is 29.8. The molecule has 5 rings (SSSR count). The second kappa shape index (κ2) is 13.5. The number of hydrogen-bond donors (Lipinski definition) is 0. The molecule has 29 heavy (non-hydrogen) atoms. The molecule has 1 aliphatic rings. The first-order chi connectivity index (χ1) is 13.3. The van der Waals surface area contributed by atoms with Gasteiger partial charge in [-0.05, 0) is 0 Å². The van der Waals surface area contributed by atoms with Crippen molar-refractivity contribution < 1.29 is 23.9 Å². The van der Waals surface area contributed by atoms with Gasteiger partial charge in [0.2, 0.25) is 0 Å². The van der Waals surface area contributed by atoms with Crippen molar-refractivity contribution >= 4 is 49.6 Å². The summed E-state index contributed by atoms with van der Waals surface area (Å²) in [6.45, 7) is 2.18. The molecule has 0 atom stereocenters. The molecule has 0 saturated heterocycles. The smallest absolute Gasteiger partial charge is 0.0771 e. The third-order valence-corrected chi connectivity index (χ3v) is 5.35. The van der Waals surface area contributed by atoms with Crippen LogP contribution in [-0.4, -0.2) is 3.26 Å². The van der Waals surface area contributed by atoms with E-state index in [9.17, 15) is 0 Å². The normalized spacial score (nSPS) is 10.9. The van der Waals surface area contributed by atoms with Crippen LogP contribution >= 0.6 is 24.8 Å². The molecule has 0 unspecified atom stereocenters. The van der Waals surface area contributed by atoms with E-state index in [0.717, 1.165) is 6.42 Å². The van der Waals surface area contributed by atoms with E-state index in [4.69, 9.17) is 0 Å². The predicted molar refractivity (Wildman–Crippen MR) is 129 cm³/mol. The first-order valence-electron chi connectivity index (χ1n) is 9.11. The Morgan fingerprint density at radius 1 is 0.793 bits per heavy atom. The van der Waals surface area contributed by atoms with Crippen LogP contribution in [0.2, 0.25) is 0 Å². The average Bonchev–Trinajstić information content (AvgIpc) is 3.41. The van der Waals surface area contributed by atoms with Gasteiger partial charge in [-0.15, -0.1) is 71.0 Å². The molecule has 0 nitrogen and oxygen atoms in total. The number of benzene rings is 3. The maximum absolute atomic E-state index is 2.99. The Balaban J connectivity index is 0.000000231. The quantitative estimate of drug-likeness (QED) is 0.159. The molecule has 0 radical (unpaired) electrons. The standard InChI is InChI=1S/C13H9.C8H8.C5H5.2ClH.Hf/c1-3-7-12-10(5-1)9-11-6-2-4-8-13(11)12;1-2-8-6-4-3-5-7-8;1-2-4-5-3-1;;;/h1-9H;3-7H,1H3;1-3H,4H2;2*1H;/q-1;;-1;;;+2. The zero-order chi connectivity index (χ0) is 18.9. The van der Waals surface area contributed by atoms with Gasteiger partial charge in [-0.3, -0.25) is 6.08 Å². The van der Waals surface area contributed by atoms with Crippen molar-refractivity contribution in [3.8, 4) is 0 Å². The number of allylic oxidation sites excluding steroid dienone is 4. The summed E-state index contributed by atoms with van der Waals surface area (Å²) in [5.41, 5.74) is 1.39. The van der Waals surface area contributed by atoms with E-state index < -0.39 is 0 Å². The van der Waals surface area contributed by atoms with Crippen LogP contribution < -0.4 is 0 Å². The summed E-state index contributed by atoms with van der Waals surface area (Å²) in [5.74, 6) is 0. The summed E-state index contributed by atoms with van der Waals surface area (Å²) in [6.07, 6.45) is 10.0. The number of fused-ring (bicyclic) bond motifs is 3. The van der Waals surface area contributed by atoms with Crippen molar-refractivity contribution in [1.82, 2.24) is 0 Å². The van der Waals surface area contributed by atoms with Crippen molar-refractivity contribution in [3.63, 3.8) is 0 Å². The minimum atomic E-state index is 0. The van der Waals surface area contributed by atoms with E-state index in [-0.39, 0.29) is 24.8 Å². The van der Waals surface area contributed by atoms with E-state index in [1.54, 1.807) is 0 Å². The van der Waals surface area contributed by atoms with Gasteiger partial charge in [0.1, 0.15) is 0 Å². The maximum atomic E-state index is 2.99. The molecular formula is C26H24Cl2Hf. The molecule has 4 aromatic carbocycles. The minimum Gasteiger partial charge on any atom is -0.273 e. The third-order valence-electron chi connectivity index (χ3n) is 4.32. The molecule has 146 valence electrons. The molecule has 0 spiro atoms. The summed E-state index contributed by atoms with van der Waals surface area (Å²) in [4.78, 5) is 0. The molecule has 1 aliphatic carbocycles. The summed E-state index contributed by atoms with van der Waals surface area (Å²) >= 11 is 1.17. The van der Waals surface area contributed by atoms with E-state index in [0.29, 0.717) is 0 Å². The van der Waals surface area contributed by atoms with Crippen molar-refractivity contribution in [3.05, 3.63) is 115 Å². The number of hydrogen-bond acceptors (Lipinski definition) is 0. The van der Waals surface area contributed by atoms with Gasteiger partial charge in [-0.1, -0.05) is 36.4 Å². The van der Waals surface area contributed by atoms with Crippen molar-refractivity contribution in [1.29, 1.82) is 0 Å². The second-order valence-corrected chi connectivity index (χ2v) is 9.01. The van der Waals surface area contributed by atoms with Gasteiger partial charge in [0.05, 0.1) is 0 Å². The van der Waals surface area contributed by atoms with Crippen molar-refractivity contribution in [2.24, 2.45) is 0 Å². The number of rotatable bonds is 1. The molecule has 0 bridgehead atoms. The van der Waals surface area contributed by atoms with Gasteiger partial charge in [-0.25, -0.2) is 12.2 Å². The SMILES string of the molecule is C[C](=[Hf+2])c1ccccc1.Cl.Cl.[C-]1=CC=CC1.c1ccc2c(c1)[cH-]c1ccccc12. The zero-order valence-corrected chi connectivity index (χ0v) is 21.6. The summed E-state index contributed by atoms with van der Waals surface area (Å²) in [5, 5.41) is 5.39. The largest absolute Gasteiger partial charge is 0.273 e. The van der Waals surface area contributed by atoms with E-state index >= 15 is 0 Å². The van der Waals surface area contributed by atoms with Crippen LogP contribution in [0.4, 0.5) is 0 Å². The first-order valence-corrected chi connectivity index (χ1v) is 10.9. The van der Waals surface area contributed by atoms with Gasteiger partial charge in [0.25, 0.3) is 0 Å². The Bertz CT molecular complexity index is 1020. The topological polar surface area (TPSA) is 0 Å². The minimum absolute atomic E-state index is 0. The molecular weight excluding hydrogens is 562 g/mol. The Morgan fingerprint density at radius 3 is 1.69 bits per heavy atom. The summed E-state index contributed by atoms with van der Waals surface area (Å²) in [7, 11) is 0. The van der Waals surface area contributed by atoms with Crippen LogP contribution in [0.25, 0.3) is 21.5 Å². The van der Waals surface area contributed by atoms with Crippen molar-refractivity contribution in [2.75, 3.05) is 0 Å². The van der Waals surface area contributed by atoms with Crippen LogP contribution in [0, 0.1) is 6.08 Å². The Hall–Kier alpha value is -1.67. The van der Waals surface area contributed by atoms with E-state index in [1.165, 1.54) is 54.3 Å². The summed E-state index contributed by atoms with van der Waals surface area (Å²) < 4.78 is 1.51. The van der Waals surface area contributed by atoms with E-state index in [1.807, 2.05) is 18.2 Å². The zero-order valence-electron chi connectivity index (χ0n) is 16.3. The van der Waals surface area contributed by atoms with Gasteiger partial charge < -0.3 is 0 Å². The Kier molecular flexibility index (Phi) is 11.8. The first kappa shape index (κ1) is 25.4. The second-order valence-electron chi connectivity index (χ2n) is 6.31. The van der Waals surface area contributed by atoms with Gasteiger partial charge in [-0.2, -0.15) is 6.08 Å². The maximum Gasteiger partial charge on any atom is -0.0771 e. The molecule has 0 fully saturated rings. The van der Waals surface area contributed by atoms with Crippen LogP contribution in [0.5, 0.6) is 0 Å². The monoisotopic (exact) mass is 586 g/mol. The molecule has 0 N–H and O–H groups in total. The van der Waals surface area contributed by atoms with Gasteiger partial charge in [0, 0.05) is 0 Å². The molecule has 0 heterocycles. The van der Waals surface area contributed by atoms with Crippen LogP contribution in [-0.2, 0) is 23.9 Å².